The van der Waals surface area contributed by atoms with Crippen LogP contribution >= 0.6 is 0 Å². The molecule has 1 amide bonds. The first-order chi connectivity index (χ1) is 13.3. The Kier molecular flexibility index (Phi) is 5.20. The minimum atomic E-state index is -0.244. The zero-order chi connectivity index (χ0) is 18.5. The second kappa shape index (κ2) is 8.09. The average Bonchev–Trinajstić information content (AvgIpc) is 3.19. The van der Waals surface area contributed by atoms with Crippen LogP contribution in [-0.2, 0) is 11.3 Å². The molecule has 0 spiro atoms. The number of benzene rings is 3. The Morgan fingerprint density at radius 2 is 1.37 bits per heavy atom. The Bertz CT molecular complexity index is 865. The average molecular weight is 357 g/mol. The van der Waals surface area contributed by atoms with Gasteiger partial charge in [-0.3, -0.25) is 0 Å². The fourth-order valence-electron chi connectivity index (χ4n) is 3.91. The molecular formula is C24H23NO2. The summed E-state index contributed by atoms with van der Waals surface area (Å²) in [6, 6.07) is 30.5. The lowest BCUT2D eigenvalue weighted by atomic mass is 9.87. The van der Waals surface area contributed by atoms with Gasteiger partial charge in [0, 0.05) is 12.5 Å². The number of carbonyl (C=O) groups is 1. The molecular weight excluding hydrogens is 334 g/mol. The topological polar surface area (TPSA) is 29.5 Å². The first kappa shape index (κ1) is 17.3. The maximum absolute atomic E-state index is 12.9. The molecule has 0 saturated carbocycles. The zero-order valence-electron chi connectivity index (χ0n) is 15.2. The maximum Gasteiger partial charge on any atom is 0.410 e. The second-order valence-corrected chi connectivity index (χ2v) is 6.89. The van der Waals surface area contributed by atoms with E-state index in [-0.39, 0.29) is 18.1 Å². The van der Waals surface area contributed by atoms with Gasteiger partial charge in [0.2, 0.25) is 0 Å². The Morgan fingerprint density at radius 3 is 2.00 bits per heavy atom. The molecule has 1 saturated heterocycles. The van der Waals surface area contributed by atoms with Crippen molar-refractivity contribution in [2.24, 2.45) is 0 Å². The Hall–Kier alpha value is -3.07. The smallest absolute Gasteiger partial charge is 0.410 e. The normalized spacial score (nSPS) is 19.0. The lowest BCUT2D eigenvalue weighted by Crippen LogP contribution is -2.32. The second-order valence-electron chi connectivity index (χ2n) is 6.89. The van der Waals surface area contributed by atoms with E-state index in [1.54, 1.807) is 0 Å². The Morgan fingerprint density at radius 1 is 0.815 bits per heavy atom. The maximum atomic E-state index is 12.9. The van der Waals surface area contributed by atoms with Crippen molar-refractivity contribution in [1.82, 2.24) is 4.90 Å². The summed E-state index contributed by atoms with van der Waals surface area (Å²) in [5, 5.41) is 0. The molecule has 3 heteroatoms. The highest BCUT2D eigenvalue weighted by molar-refractivity contribution is 5.69. The van der Waals surface area contributed by atoms with Crippen LogP contribution in [0.2, 0.25) is 0 Å². The molecule has 136 valence electrons. The highest BCUT2D eigenvalue weighted by Crippen LogP contribution is 2.43. The van der Waals surface area contributed by atoms with E-state index in [1.165, 1.54) is 5.56 Å². The molecule has 0 radical (unpaired) electrons. The molecule has 4 rings (SSSR count). The van der Waals surface area contributed by atoms with Crippen molar-refractivity contribution >= 4 is 6.09 Å². The van der Waals surface area contributed by atoms with Gasteiger partial charge in [-0.05, 0) is 23.1 Å². The first-order valence-corrected chi connectivity index (χ1v) is 9.40. The van der Waals surface area contributed by atoms with Gasteiger partial charge in [-0.15, -0.1) is 0 Å². The number of likely N-dealkylation sites (tertiary alicyclic amines) is 1. The zero-order valence-corrected chi connectivity index (χ0v) is 15.2. The van der Waals surface area contributed by atoms with Gasteiger partial charge in [0.05, 0.1) is 6.04 Å². The van der Waals surface area contributed by atoms with Crippen molar-refractivity contribution in [3.8, 4) is 0 Å². The molecule has 3 aromatic rings. The van der Waals surface area contributed by atoms with Crippen LogP contribution in [0.4, 0.5) is 4.79 Å². The Balaban J connectivity index is 1.56. The molecule has 27 heavy (non-hydrogen) atoms. The van der Waals surface area contributed by atoms with E-state index in [0.717, 1.165) is 17.5 Å². The summed E-state index contributed by atoms with van der Waals surface area (Å²) in [6.45, 7) is 1.00. The molecule has 1 heterocycles. The SMILES string of the molecule is O=C(OCc1ccccc1)N1CC[C@H](c2ccccc2)[C@H]1c1ccccc1. The summed E-state index contributed by atoms with van der Waals surface area (Å²) < 4.78 is 5.63. The molecule has 0 N–H and O–H groups in total. The minimum absolute atomic E-state index is 0.00290. The molecule has 0 aliphatic carbocycles. The van der Waals surface area contributed by atoms with E-state index < -0.39 is 0 Å². The Labute approximate surface area is 160 Å². The monoisotopic (exact) mass is 357 g/mol. The van der Waals surface area contributed by atoms with Gasteiger partial charge in [-0.1, -0.05) is 91.0 Å². The molecule has 3 nitrogen and oxygen atoms in total. The lowest BCUT2D eigenvalue weighted by Gasteiger charge is -2.28. The largest absolute Gasteiger partial charge is 0.445 e. The highest BCUT2D eigenvalue weighted by atomic mass is 16.6. The lowest BCUT2D eigenvalue weighted by molar-refractivity contribution is 0.0907. The molecule has 1 fully saturated rings. The molecule has 1 aliphatic rings. The van der Waals surface area contributed by atoms with Crippen molar-refractivity contribution < 1.29 is 9.53 Å². The quantitative estimate of drug-likeness (QED) is 0.612. The van der Waals surface area contributed by atoms with E-state index in [4.69, 9.17) is 4.74 Å². The first-order valence-electron chi connectivity index (χ1n) is 9.40. The summed E-state index contributed by atoms with van der Waals surface area (Å²) >= 11 is 0. The van der Waals surface area contributed by atoms with Gasteiger partial charge in [0.1, 0.15) is 6.61 Å². The van der Waals surface area contributed by atoms with E-state index in [0.29, 0.717) is 13.2 Å². The van der Waals surface area contributed by atoms with Gasteiger partial charge < -0.3 is 9.64 Å². The van der Waals surface area contributed by atoms with Crippen molar-refractivity contribution in [3.05, 3.63) is 108 Å². The molecule has 0 bridgehead atoms. The van der Waals surface area contributed by atoms with Crippen LogP contribution in [0.3, 0.4) is 0 Å². The fraction of sp³-hybridized carbons (Fsp3) is 0.208. The summed E-state index contributed by atoms with van der Waals surface area (Å²) in [6.07, 6.45) is 0.690. The van der Waals surface area contributed by atoms with E-state index >= 15 is 0 Å². The number of rotatable bonds is 4. The van der Waals surface area contributed by atoms with Crippen LogP contribution in [0, 0.1) is 0 Å². The van der Waals surface area contributed by atoms with Crippen LogP contribution in [0.25, 0.3) is 0 Å². The van der Waals surface area contributed by atoms with Crippen LogP contribution in [0.15, 0.2) is 91.0 Å². The van der Waals surface area contributed by atoms with E-state index in [9.17, 15) is 4.79 Å². The predicted molar refractivity (Wildman–Crippen MR) is 106 cm³/mol. The number of amides is 1. The van der Waals surface area contributed by atoms with Crippen LogP contribution in [0.1, 0.15) is 35.1 Å². The summed E-state index contributed by atoms with van der Waals surface area (Å²) in [5.74, 6) is 0.276. The van der Waals surface area contributed by atoms with Crippen LogP contribution in [-0.4, -0.2) is 17.5 Å². The van der Waals surface area contributed by atoms with Crippen LogP contribution in [0.5, 0.6) is 0 Å². The number of nitrogens with zero attached hydrogens (tertiary/aromatic N) is 1. The van der Waals surface area contributed by atoms with E-state index in [2.05, 4.69) is 36.4 Å². The van der Waals surface area contributed by atoms with Crippen molar-refractivity contribution in [2.45, 2.75) is 25.0 Å². The third-order valence-corrected chi connectivity index (χ3v) is 5.21. The molecule has 2 atom stereocenters. The van der Waals surface area contributed by atoms with Crippen molar-refractivity contribution in [2.75, 3.05) is 6.54 Å². The summed E-state index contributed by atoms with van der Waals surface area (Å²) in [4.78, 5) is 14.8. The van der Waals surface area contributed by atoms with Crippen LogP contribution < -0.4 is 0 Å². The van der Waals surface area contributed by atoms with Gasteiger partial charge in [-0.25, -0.2) is 4.79 Å². The molecule has 3 aromatic carbocycles. The molecule has 0 aromatic heterocycles. The standard InChI is InChI=1S/C24H23NO2/c26-24(27-18-19-10-4-1-5-11-19)25-17-16-22(20-12-6-2-7-13-20)23(25)21-14-8-3-9-15-21/h1-15,22-23H,16-18H2/t22-,23-/m1/s1. The third-order valence-electron chi connectivity index (χ3n) is 5.21. The van der Waals surface area contributed by atoms with Crippen molar-refractivity contribution in [3.63, 3.8) is 0 Å². The third kappa shape index (κ3) is 3.87. The number of hydrogen-bond donors (Lipinski definition) is 0. The predicted octanol–water partition coefficient (Wildman–Crippen LogP) is 5.55. The molecule has 1 aliphatic heterocycles. The van der Waals surface area contributed by atoms with E-state index in [1.807, 2.05) is 59.5 Å². The summed E-state index contributed by atoms with van der Waals surface area (Å²) in [7, 11) is 0. The molecule has 0 unspecified atom stereocenters. The minimum Gasteiger partial charge on any atom is -0.445 e. The highest BCUT2D eigenvalue weighted by Gasteiger charge is 2.39. The number of hydrogen-bond acceptors (Lipinski definition) is 2. The van der Waals surface area contributed by atoms with Crippen molar-refractivity contribution in [1.29, 1.82) is 0 Å². The van der Waals surface area contributed by atoms with Gasteiger partial charge in [-0.2, -0.15) is 0 Å². The fourth-order valence-corrected chi connectivity index (χ4v) is 3.91. The number of carbonyl (C=O) groups excluding carboxylic acids is 1. The summed E-state index contributed by atoms with van der Waals surface area (Å²) in [5.41, 5.74) is 3.42. The van der Waals surface area contributed by atoms with Gasteiger partial charge in [0.25, 0.3) is 0 Å². The number of ether oxygens (including phenoxy) is 1. The van der Waals surface area contributed by atoms with Gasteiger partial charge in [0.15, 0.2) is 0 Å². The van der Waals surface area contributed by atoms with Gasteiger partial charge >= 0.3 is 6.09 Å².